The van der Waals surface area contributed by atoms with Crippen LogP contribution in [-0.2, 0) is 0 Å². The molecule has 0 aliphatic heterocycles. The third-order valence-corrected chi connectivity index (χ3v) is 1.34. The molecule has 1 unspecified atom stereocenters. The van der Waals surface area contributed by atoms with Crippen LogP contribution in [0.3, 0.4) is 0 Å². The van der Waals surface area contributed by atoms with Crippen LogP contribution in [0.1, 0.15) is 13.3 Å². The summed E-state index contributed by atoms with van der Waals surface area (Å²) in [6, 6.07) is 0. The predicted molar refractivity (Wildman–Crippen MR) is 36.2 cm³/mol. The van der Waals surface area contributed by atoms with Gasteiger partial charge in [0.05, 0.1) is 0 Å². The maximum absolute atomic E-state index is 4.65. The molecular formula is C4H9BS. The summed E-state index contributed by atoms with van der Waals surface area (Å²) in [4.78, 5) is 0. The smallest absolute Gasteiger partial charge is 0.0940 e. The van der Waals surface area contributed by atoms with Crippen molar-refractivity contribution in [3.05, 3.63) is 0 Å². The summed E-state index contributed by atoms with van der Waals surface area (Å²) in [5.74, 6) is 0.625. The molecule has 0 aliphatic rings. The van der Waals surface area contributed by atoms with E-state index in [0.717, 1.165) is 0 Å². The first kappa shape index (κ1) is 6.15. The maximum Gasteiger partial charge on any atom is 0.111 e. The van der Waals surface area contributed by atoms with E-state index in [0.29, 0.717) is 5.82 Å². The van der Waals surface area contributed by atoms with Gasteiger partial charge in [0.15, 0.2) is 0 Å². The van der Waals surface area contributed by atoms with Gasteiger partial charge in [0.1, 0.15) is 7.85 Å². The van der Waals surface area contributed by atoms with Crippen molar-refractivity contribution in [3.63, 3.8) is 0 Å². The van der Waals surface area contributed by atoms with E-state index in [1.54, 1.807) is 5.37 Å². The lowest BCUT2D eigenvalue weighted by Crippen LogP contribution is -1.85. The molecule has 0 saturated carbocycles. The van der Waals surface area contributed by atoms with Gasteiger partial charge in [-0.25, -0.2) is 0 Å². The van der Waals surface area contributed by atoms with Gasteiger partial charge in [-0.15, -0.1) is 0 Å². The molecule has 6 heavy (non-hydrogen) atoms. The van der Waals surface area contributed by atoms with Gasteiger partial charge < -0.3 is 0 Å². The monoisotopic (exact) mass is 100 g/mol. The molecule has 0 heterocycles. The first-order chi connectivity index (χ1) is 2.81. The molecule has 0 radical (unpaired) electrons. The molecule has 0 fully saturated rings. The highest BCUT2D eigenvalue weighted by Gasteiger charge is 1.86. The lowest BCUT2D eigenvalue weighted by Gasteiger charge is -1.91. The molecule has 0 spiro atoms. The summed E-state index contributed by atoms with van der Waals surface area (Å²) >= 11 is 4.65. The maximum atomic E-state index is 4.65. The zero-order valence-corrected chi connectivity index (χ0v) is 5.09. The summed E-state index contributed by atoms with van der Waals surface area (Å²) < 4.78 is 0. The Morgan fingerprint density at radius 1 is 2.00 bits per heavy atom. The van der Waals surface area contributed by atoms with Crippen LogP contribution in [0.2, 0.25) is 5.82 Å². The van der Waals surface area contributed by atoms with Crippen LogP contribution in [-0.4, -0.2) is 13.2 Å². The van der Waals surface area contributed by atoms with E-state index < -0.39 is 0 Å². The highest BCUT2D eigenvalue weighted by Crippen LogP contribution is 1.97. The van der Waals surface area contributed by atoms with Crippen molar-refractivity contribution >= 4 is 25.4 Å². The summed E-state index contributed by atoms with van der Waals surface area (Å²) in [6.07, 6.45) is 1.17. The molecule has 0 aromatic heterocycles. The Balaban J connectivity index is 2.96. The molecule has 0 rings (SSSR count). The van der Waals surface area contributed by atoms with Crippen LogP contribution in [0.5, 0.6) is 0 Å². The summed E-state index contributed by atoms with van der Waals surface area (Å²) in [6.45, 7) is 2.13. The Labute approximate surface area is 45.3 Å². The third kappa shape index (κ3) is 2.40. The SMILES string of the molecule is BC(C=S)CC. The van der Waals surface area contributed by atoms with E-state index >= 15 is 0 Å². The fourth-order valence-electron chi connectivity index (χ4n) is 0.0962. The molecule has 1 atom stereocenters. The van der Waals surface area contributed by atoms with Gasteiger partial charge in [-0.2, -0.15) is 0 Å². The van der Waals surface area contributed by atoms with Gasteiger partial charge in [-0.3, -0.25) is 0 Å². The van der Waals surface area contributed by atoms with E-state index in [4.69, 9.17) is 0 Å². The fourth-order valence-corrected chi connectivity index (χ4v) is 0.289. The Morgan fingerprint density at radius 2 is 2.50 bits per heavy atom. The molecule has 0 N–H and O–H groups in total. The van der Waals surface area contributed by atoms with E-state index in [9.17, 15) is 0 Å². The van der Waals surface area contributed by atoms with Crippen LogP contribution in [0.4, 0.5) is 0 Å². The molecule has 0 saturated heterocycles. The number of rotatable bonds is 2. The Hall–Kier alpha value is 0.155. The third-order valence-electron chi connectivity index (χ3n) is 0.876. The molecule has 0 nitrogen and oxygen atoms in total. The lowest BCUT2D eigenvalue weighted by atomic mass is 9.87. The lowest BCUT2D eigenvalue weighted by molar-refractivity contribution is 1.01. The minimum absolute atomic E-state index is 0.625. The zero-order chi connectivity index (χ0) is 4.99. The van der Waals surface area contributed by atoms with Crippen LogP contribution < -0.4 is 0 Å². The molecule has 2 heteroatoms. The van der Waals surface area contributed by atoms with Gasteiger partial charge in [0.2, 0.25) is 0 Å². The van der Waals surface area contributed by atoms with Crippen molar-refractivity contribution in [2.24, 2.45) is 0 Å². The van der Waals surface area contributed by atoms with Gasteiger partial charge >= 0.3 is 0 Å². The van der Waals surface area contributed by atoms with Crippen molar-refractivity contribution in [1.29, 1.82) is 0 Å². The van der Waals surface area contributed by atoms with Gasteiger partial charge in [0, 0.05) is 0 Å². The highest BCUT2D eigenvalue weighted by atomic mass is 32.1. The van der Waals surface area contributed by atoms with Crippen LogP contribution in [0.15, 0.2) is 0 Å². The highest BCUT2D eigenvalue weighted by molar-refractivity contribution is 7.79. The standard InChI is InChI=1S/C4H9BS/c1-2-4(5)3-6/h3-4H,2,5H2,1H3. The average Bonchev–Trinajstić information content (AvgIpc) is 1.65. The second kappa shape index (κ2) is 3.35. The molecule has 0 bridgehead atoms. The predicted octanol–water partition coefficient (Wildman–Crippen LogP) is 0.818. The van der Waals surface area contributed by atoms with Gasteiger partial charge in [0.25, 0.3) is 0 Å². The van der Waals surface area contributed by atoms with Crippen LogP contribution in [0.25, 0.3) is 0 Å². The molecule has 0 aromatic rings. The summed E-state index contributed by atoms with van der Waals surface area (Å²) in [5, 5.41) is 1.81. The largest absolute Gasteiger partial charge is 0.111 e. The quantitative estimate of drug-likeness (QED) is 0.365. The van der Waals surface area contributed by atoms with E-state index in [1.807, 2.05) is 0 Å². The average molecular weight is 100.0 g/mol. The number of hydrogen-bond acceptors (Lipinski definition) is 1. The Bertz CT molecular complexity index is 44.8. The van der Waals surface area contributed by atoms with Crippen molar-refractivity contribution in [1.82, 2.24) is 0 Å². The van der Waals surface area contributed by atoms with Crippen molar-refractivity contribution in [2.45, 2.75) is 19.2 Å². The Kier molecular flexibility index (Phi) is 3.44. The molecule has 0 aliphatic carbocycles. The Morgan fingerprint density at radius 3 is 2.50 bits per heavy atom. The van der Waals surface area contributed by atoms with E-state index in [-0.39, 0.29) is 0 Å². The minimum atomic E-state index is 0.625. The second-order valence-corrected chi connectivity index (χ2v) is 1.79. The molecule has 0 amide bonds. The number of hydrogen-bond donors (Lipinski definition) is 0. The minimum Gasteiger partial charge on any atom is -0.0940 e. The topological polar surface area (TPSA) is 0 Å². The molecular weight excluding hydrogens is 90.9 g/mol. The number of thiocarbonyl (C=S) groups is 1. The normalized spacial score (nSPS) is 13.5. The summed E-state index contributed by atoms with van der Waals surface area (Å²) in [7, 11) is 2.12. The van der Waals surface area contributed by atoms with Gasteiger partial charge in [-0.05, 0) is 11.2 Å². The van der Waals surface area contributed by atoms with Crippen LogP contribution >= 0.6 is 12.2 Å². The van der Waals surface area contributed by atoms with Crippen molar-refractivity contribution in [2.75, 3.05) is 0 Å². The zero-order valence-electron chi connectivity index (χ0n) is 4.27. The van der Waals surface area contributed by atoms with E-state index in [1.165, 1.54) is 6.42 Å². The molecule has 34 valence electrons. The molecule has 0 aromatic carbocycles. The first-order valence-electron chi connectivity index (χ1n) is 2.26. The second-order valence-electron chi connectivity index (χ2n) is 1.52. The summed E-state index contributed by atoms with van der Waals surface area (Å²) in [5.41, 5.74) is 0. The van der Waals surface area contributed by atoms with Crippen molar-refractivity contribution in [3.8, 4) is 0 Å². The van der Waals surface area contributed by atoms with Gasteiger partial charge in [-0.1, -0.05) is 25.6 Å². The van der Waals surface area contributed by atoms with E-state index in [2.05, 4.69) is 27.0 Å². The first-order valence-corrected chi connectivity index (χ1v) is 2.73. The fraction of sp³-hybridized carbons (Fsp3) is 0.750. The van der Waals surface area contributed by atoms with Crippen molar-refractivity contribution < 1.29 is 0 Å². The van der Waals surface area contributed by atoms with Crippen LogP contribution in [0, 0.1) is 0 Å².